The fourth-order valence-corrected chi connectivity index (χ4v) is 3.21. The Morgan fingerprint density at radius 1 is 1.00 bits per heavy atom. The van der Waals surface area contributed by atoms with E-state index in [0.29, 0.717) is 5.75 Å². The molecule has 0 aliphatic heterocycles. The monoisotopic (exact) mass is 411 g/mol. The summed E-state index contributed by atoms with van der Waals surface area (Å²) >= 11 is 0. The van der Waals surface area contributed by atoms with Gasteiger partial charge < -0.3 is 19.6 Å². The molecule has 3 rings (SSSR count). The number of nitrogens with zero attached hydrogens (tertiary/aromatic N) is 3. The molecule has 0 amide bonds. The van der Waals surface area contributed by atoms with Crippen molar-refractivity contribution in [3.63, 3.8) is 0 Å². The number of anilines is 2. The molecular weight excluding hydrogens is 381 g/mol. The predicted molar refractivity (Wildman–Crippen MR) is 123 cm³/mol. The first-order valence-corrected chi connectivity index (χ1v) is 9.95. The first-order chi connectivity index (χ1) is 14.1. The van der Waals surface area contributed by atoms with Gasteiger partial charge in [-0.1, -0.05) is 12.1 Å². The summed E-state index contributed by atoms with van der Waals surface area (Å²) in [6.07, 6.45) is -1.22. The number of halogens is 1. The molecule has 0 radical (unpaired) electrons. The topological polar surface area (TPSA) is 48.8 Å². The largest absolute Gasteiger partial charge is 0.483 e. The van der Waals surface area contributed by atoms with Gasteiger partial charge in [0.1, 0.15) is 24.1 Å². The molecule has 160 valence electrons. The molecule has 0 saturated carbocycles. The van der Waals surface area contributed by atoms with Gasteiger partial charge in [-0.25, -0.2) is 9.37 Å². The average molecular weight is 412 g/mol. The van der Waals surface area contributed by atoms with Crippen LogP contribution in [0.4, 0.5) is 15.8 Å². The maximum atomic E-state index is 13.1. The molecule has 1 heterocycles. The third-order valence-corrected chi connectivity index (χ3v) is 5.25. The Labute approximate surface area is 177 Å². The normalized spacial score (nSPS) is 12.7. The Hall–Kier alpha value is -2.86. The number of pyridine rings is 1. The molecule has 6 heteroatoms. The molecule has 1 aromatic heterocycles. The second kappa shape index (κ2) is 8.48. The number of aliphatic hydroxyl groups is 1. The van der Waals surface area contributed by atoms with E-state index in [4.69, 9.17) is 9.72 Å². The third kappa shape index (κ3) is 4.49. The Balaban J connectivity index is 2.02. The minimum atomic E-state index is -1.22. The van der Waals surface area contributed by atoms with Crippen LogP contribution in [0, 0.1) is 0 Å². The highest BCUT2D eigenvalue weighted by Crippen LogP contribution is 2.35. The van der Waals surface area contributed by atoms with Gasteiger partial charge in [-0.2, -0.15) is 0 Å². The predicted octanol–water partition coefficient (Wildman–Crippen LogP) is 4.52. The lowest BCUT2D eigenvalue weighted by Gasteiger charge is -2.32. The van der Waals surface area contributed by atoms with Crippen LogP contribution < -0.4 is 14.5 Å². The van der Waals surface area contributed by atoms with Crippen molar-refractivity contribution in [2.75, 3.05) is 44.7 Å². The molecule has 3 aromatic rings. The van der Waals surface area contributed by atoms with Crippen LogP contribution in [-0.2, 0) is 0 Å². The SMILES string of the molecule is CN(C)c1ccc2nc(-c3ccc(N(C)C)c(OC(C)(C)C(O)CF)c3)ccc2c1. The molecule has 0 aliphatic rings. The smallest absolute Gasteiger partial charge is 0.144 e. The van der Waals surface area contributed by atoms with E-state index in [1.165, 1.54) is 0 Å². The van der Waals surface area contributed by atoms with Crippen LogP contribution in [0.15, 0.2) is 48.5 Å². The number of aromatic nitrogens is 1. The maximum Gasteiger partial charge on any atom is 0.144 e. The lowest BCUT2D eigenvalue weighted by molar-refractivity contribution is -0.0389. The van der Waals surface area contributed by atoms with Crippen molar-refractivity contribution < 1.29 is 14.2 Å². The van der Waals surface area contributed by atoms with Crippen molar-refractivity contribution in [1.29, 1.82) is 0 Å². The summed E-state index contributed by atoms with van der Waals surface area (Å²) in [5, 5.41) is 11.1. The van der Waals surface area contributed by atoms with Gasteiger partial charge in [0, 0.05) is 44.8 Å². The maximum absolute atomic E-state index is 13.1. The summed E-state index contributed by atoms with van der Waals surface area (Å²) in [5.41, 5.74) is 3.51. The molecule has 0 saturated heterocycles. The zero-order chi connectivity index (χ0) is 22.1. The Morgan fingerprint density at radius 2 is 1.73 bits per heavy atom. The fraction of sp³-hybridized carbons (Fsp3) is 0.375. The minimum Gasteiger partial charge on any atom is -0.483 e. The molecule has 1 unspecified atom stereocenters. The summed E-state index contributed by atoms with van der Waals surface area (Å²) in [6, 6.07) is 16.0. The van der Waals surface area contributed by atoms with E-state index in [2.05, 4.69) is 17.0 Å². The number of rotatable bonds is 7. The number of aliphatic hydroxyl groups excluding tert-OH is 1. The lowest BCUT2D eigenvalue weighted by Crippen LogP contribution is -2.43. The Morgan fingerprint density at radius 3 is 2.37 bits per heavy atom. The highest BCUT2D eigenvalue weighted by atomic mass is 19.1. The van der Waals surface area contributed by atoms with Gasteiger partial charge in [-0.05, 0) is 50.2 Å². The van der Waals surface area contributed by atoms with Crippen molar-refractivity contribution in [2.24, 2.45) is 0 Å². The number of hydrogen-bond donors (Lipinski definition) is 1. The lowest BCUT2D eigenvalue weighted by atomic mass is 10.0. The second-order valence-corrected chi connectivity index (χ2v) is 8.42. The number of hydrogen-bond acceptors (Lipinski definition) is 5. The van der Waals surface area contributed by atoms with Gasteiger partial charge >= 0.3 is 0 Å². The van der Waals surface area contributed by atoms with E-state index in [9.17, 15) is 9.50 Å². The molecule has 0 aliphatic carbocycles. The van der Waals surface area contributed by atoms with E-state index in [1.54, 1.807) is 13.8 Å². The highest BCUT2D eigenvalue weighted by Gasteiger charge is 2.31. The van der Waals surface area contributed by atoms with E-state index < -0.39 is 18.4 Å². The van der Waals surface area contributed by atoms with Crippen LogP contribution in [0.1, 0.15) is 13.8 Å². The van der Waals surface area contributed by atoms with Gasteiger partial charge in [0.2, 0.25) is 0 Å². The molecule has 0 spiro atoms. The quantitative estimate of drug-likeness (QED) is 0.619. The first-order valence-electron chi connectivity index (χ1n) is 9.95. The van der Waals surface area contributed by atoms with E-state index >= 15 is 0 Å². The average Bonchev–Trinajstić information content (AvgIpc) is 2.71. The van der Waals surface area contributed by atoms with E-state index in [0.717, 1.165) is 33.5 Å². The van der Waals surface area contributed by atoms with Crippen LogP contribution in [0.5, 0.6) is 5.75 Å². The van der Waals surface area contributed by atoms with Gasteiger partial charge in [0.05, 0.1) is 16.9 Å². The molecule has 30 heavy (non-hydrogen) atoms. The van der Waals surface area contributed by atoms with Crippen molar-refractivity contribution in [3.05, 3.63) is 48.5 Å². The molecule has 2 aromatic carbocycles. The fourth-order valence-electron chi connectivity index (χ4n) is 3.21. The van der Waals surface area contributed by atoms with E-state index in [-0.39, 0.29) is 0 Å². The van der Waals surface area contributed by atoms with Crippen LogP contribution in [-0.4, -0.2) is 56.7 Å². The zero-order valence-corrected chi connectivity index (χ0v) is 18.5. The third-order valence-electron chi connectivity index (χ3n) is 5.25. The van der Waals surface area contributed by atoms with Crippen molar-refractivity contribution in [3.8, 4) is 17.0 Å². The van der Waals surface area contributed by atoms with Crippen molar-refractivity contribution in [2.45, 2.75) is 25.6 Å². The first kappa shape index (κ1) is 21.8. The summed E-state index contributed by atoms with van der Waals surface area (Å²) < 4.78 is 19.1. The number of alkyl halides is 1. The minimum absolute atomic E-state index is 0.569. The van der Waals surface area contributed by atoms with Crippen molar-refractivity contribution >= 4 is 22.3 Å². The van der Waals surface area contributed by atoms with Crippen LogP contribution >= 0.6 is 0 Å². The summed E-state index contributed by atoms with van der Waals surface area (Å²) in [7, 11) is 7.85. The van der Waals surface area contributed by atoms with E-state index in [1.807, 2.05) is 69.5 Å². The molecule has 1 N–H and O–H groups in total. The number of benzene rings is 2. The van der Waals surface area contributed by atoms with Gasteiger partial charge in [0.25, 0.3) is 0 Å². The summed E-state index contributed by atoms with van der Waals surface area (Å²) in [4.78, 5) is 8.80. The Kier molecular flexibility index (Phi) is 6.17. The van der Waals surface area contributed by atoms with Crippen LogP contribution in [0.2, 0.25) is 0 Å². The van der Waals surface area contributed by atoms with Crippen molar-refractivity contribution in [1.82, 2.24) is 4.98 Å². The number of ether oxygens (including phenoxy) is 1. The van der Waals surface area contributed by atoms with Gasteiger partial charge in [-0.3, -0.25) is 0 Å². The molecular formula is C24H30FN3O2. The van der Waals surface area contributed by atoms with Gasteiger partial charge in [-0.15, -0.1) is 0 Å². The highest BCUT2D eigenvalue weighted by molar-refractivity contribution is 5.85. The summed E-state index contributed by atoms with van der Waals surface area (Å²) in [6.45, 7) is 2.49. The number of fused-ring (bicyclic) bond motifs is 1. The van der Waals surface area contributed by atoms with Crippen LogP contribution in [0.3, 0.4) is 0 Å². The molecule has 0 fully saturated rings. The van der Waals surface area contributed by atoms with Crippen LogP contribution in [0.25, 0.3) is 22.2 Å². The molecule has 5 nitrogen and oxygen atoms in total. The zero-order valence-electron chi connectivity index (χ0n) is 18.5. The second-order valence-electron chi connectivity index (χ2n) is 8.42. The van der Waals surface area contributed by atoms with Gasteiger partial charge in [0.15, 0.2) is 0 Å². The molecule has 1 atom stereocenters. The Bertz CT molecular complexity index is 1030. The molecule has 0 bridgehead atoms. The summed E-state index contributed by atoms with van der Waals surface area (Å²) in [5.74, 6) is 0.569. The standard InChI is InChI=1S/C24H30FN3O2/c1-24(2,23(29)15-25)30-22-14-17(8-12-21(22)28(5)6)19-10-7-16-13-18(27(3)4)9-11-20(16)26-19/h7-14,23,29H,15H2,1-6H3.